The fourth-order valence-corrected chi connectivity index (χ4v) is 4.04. The Balaban J connectivity index is 2.11. The number of ether oxygens (including phenoxy) is 1. The average Bonchev–Trinajstić information content (AvgIpc) is 2.39. The van der Waals surface area contributed by atoms with Gasteiger partial charge in [0.2, 0.25) is 0 Å². The molecule has 18 heavy (non-hydrogen) atoms. The van der Waals surface area contributed by atoms with E-state index in [1.165, 1.54) is 4.31 Å². The molecule has 0 saturated carbocycles. The van der Waals surface area contributed by atoms with Gasteiger partial charge in [-0.25, -0.2) is 0 Å². The van der Waals surface area contributed by atoms with E-state index in [2.05, 4.69) is 4.72 Å². The van der Waals surface area contributed by atoms with Gasteiger partial charge in [-0.2, -0.15) is 24.5 Å². The maximum absolute atomic E-state index is 12.1. The molecule has 0 aromatic heterocycles. The summed E-state index contributed by atoms with van der Waals surface area (Å²) in [5.41, 5.74) is 0.521. The van der Waals surface area contributed by atoms with Crippen LogP contribution in [0, 0.1) is 0 Å². The van der Waals surface area contributed by atoms with E-state index in [0.29, 0.717) is 24.5 Å². The SMILES string of the molecule is COc1cccc(NS(=O)(=O)N2CCSCC2)c1. The molecule has 1 heterocycles. The Labute approximate surface area is 112 Å². The van der Waals surface area contributed by atoms with Crippen molar-refractivity contribution in [3.8, 4) is 5.75 Å². The predicted octanol–water partition coefficient (Wildman–Crippen LogP) is 1.40. The molecule has 2 rings (SSSR count). The van der Waals surface area contributed by atoms with Gasteiger partial charge in [-0.1, -0.05) is 6.07 Å². The molecule has 0 unspecified atom stereocenters. The Morgan fingerprint density at radius 3 is 2.72 bits per heavy atom. The number of nitrogens with one attached hydrogen (secondary N) is 1. The highest BCUT2D eigenvalue weighted by molar-refractivity contribution is 7.99. The molecule has 7 heteroatoms. The minimum Gasteiger partial charge on any atom is -0.497 e. The van der Waals surface area contributed by atoms with Crippen LogP contribution < -0.4 is 9.46 Å². The van der Waals surface area contributed by atoms with E-state index >= 15 is 0 Å². The van der Waals surface area contributed by atoms with Gasteiger partial charge < -0.3 is 4.74 Å². The minimum absolute atomic E-state index is 0.521. The van der Waals surface area contributed by atoms with E-state index in [0.717, 1.165) is 11.5 Å². The van der Waals surface area contributed by atoms with E-state index in [-0.39, 0.29) is 0 Å². The summed E-state index contributed by atoms with van der Waals surface area (Å²) in [5.74, 6) is 2.32. The van der Waals surface area contributed by atoms with Crippen LogP contribution in [-0.2, 0) is 10.2 Å². The van der Waals surface area contributed by atoms with E-state index in [4.69, 9.17) is 4.74 Å². The van der Waals surface area contributed by atoms with E-state index < -0.39 is 10.2 Å². The minimum atomic E-state index is -3.45. The molecule has 5 nitrogen and oxygen atoms in total. The highest BCUT2D eigenvalue weighted by atomic mass is 32.2. The maximum atomic E-state index is 12.1. The number of benzene rings is 1. The Bertz CT molecular complexity index is 499. The molecular formula is C11H16N2O3S2. The van der Waals surface area contributed by atoms with Crippen LogP contribution in [0.3, 0.4) is 0 Å². The molecule has 0 amide bonds. The second kappa shape index (κ2) is 5.81. The third kappa shape index (κ3) is 3.30. The van der Waals surface area contributed by atoms with Crippen LogP contribution in [0.4, 0.5) is 5.69 Å². The first-order valence-electron chi connectivity index (χ1n) is 5.61. The van der Waals surface area contributed by atoms with Gasteiger partial charge in [-0.05, 0) is 12.1 Å². The van der Waals surface area contributed by atoms with Crippen molar-refractivity contribution < 1.29 is 13.2 Å². The summed E-state index contributed by atoms with van der Waals surface area (Å²) in [5, 5.41) is 0. The second-order valence-corrected chi connectivity index (χ2v) is 6.75. The zero-order chi connectivity index (χ0) is 13.0. The quantitative estimate of drug-likeness (QED) is 0.910. The lowest BCUT2D eigenvalue weighted by molar-refractivity contribution is 0.415. The van der Waals surface area contributed by atoms with Crippen molar-refractivity contribution in [3.05, 3.63) is 24.3 Å². The van der Waals surface area contributed by atoms with Crippen LogP contribution in [0.2, 0.25) is 0 Å². The largest absolute Gasteiger partial charge is 0.497 e. The molecule has 0 atom stereocenters. The lowest BCUT2D eigenvalue weighted by Crippen LogP contribution is -2.41. The second-order valence-electron chi connectivity index (χ2n) is 3.85. The van der Waals surface area contributed by atoms with Crippen LogP contribution in [-0.4, -0.2) is 44.4 Å². The van der Waals surface area contributed by atoms with Crippen molar-refractivity contribution >= 4 is 27.7 Å². The number of methoxy groups -OCH3 is 1. The van der Waals surface area contributed by atoms with Gasteiger partial charge in [-0.15, -0.1) is 0 Å². The van der Waals surface area contributed by atoms with Crippen molar-refractivity contribution in [2.75, 3.05) is 36.4 Å². The van der Waals surface area contributed by atoms with Crippen molar-refractivity contribution in [3.63, 3.8) is 0 Å². The standard InChI is InChI=1S/C11H16N2O3S2/c1-16-11-4-2-3-10(9-11)12-18(14,15)13-5-7-17-8-6-13/h2-4,9,12H,5-8H2,1H3. The topological polar surface area (TPSA) is 58.6 Å². The molecule has 1 N–H and O–H groups in total. The lowest BCUT2D eigenvalue weighted by Gasteiger charge is -2.26. The first-order valence-corrected chi connectivity index (χ1v) is 8.21. The number of hydrogen-bond donors (Lipinski definition) is 1. The zero-order valence-corrected chi connectivity index (χ0v) is 11.8. The fraction of sp³-hybridized carbons (Fsp3) is 0.455. The van der Waals surface area contributed by atoms with E-state index in [1.54, 1.807) is 43.1 Å². The van der Waals surface area contributed by atoms with E-state index in [9.17, 15) is 8.42 Å². The number of hydrogen-bond acceptors (Lipinski definition) is 4. The summed E-state index contributed by atoms with van der Waals surface area (Å²) >= 11 is 1.77. The molecule has 1 aliphatic rings. The number of nitrogens with zero attached hydrogens (tertiary/aromatic N) is 1. The molecule has 0 radical (unpaired) electrons. The fourth-order valence-electron chi connectivity index (χ4n) is 1.69. The highest BCUT2D eigenvalue weighted by Crippen LogP contribution is 2.20. The van der Waals surface area contributed by atoms with Crippen LogP contribution in [0.5, 0.6) is 5.75 Å². The van der Waals surface area contributed by atoms with Crippen molar-refractivity contribution in [2.45, 2.75) is 0 Å². The van der Waals surface area contributed by atoms with Gasteiger partial charge in [0.1, 0.15) is 5.75 Å². The lowest BCUT2D eigenvalue weighted by atomic mass is 10.3. The average molecular weight is 288 g/mol. The predicted molar refractivity (Wildman–Crippen MR) is 74.4 cm³/mol. The number of anilines is 1. The smallest absolute Gasteiger partial charge is 0.301 e. The Kier molecular flexibility index (Phi) is 4.36. The molecule has 0 spiro atoms. The van der Waals surface area contributed by atoms with Gasteiger partial charge in [-0.3, -0.25) is 4.72 Å². The third-order valence-electron chi connectivity index (χ3n) is 2.63. The van der Waals surface area contributed by atoms with Crippen LogP contribution in [0.25, 0.3) is 0 Å². The monoisotopic (exact) mass is 288 g/mol. The van der Waals surface area contributed by atoms with Crippen molar-refractivity contribution in [1.82, 2.24) is 4.31 Å². The molecule has 100 valence electrons. The third-order valence-corrected chi connectivity index (χ3v) is 5.11. The zero-order valence-electron chi connectivity index (χ0n) is 10.1. The Morgan fingerprint density at radius 2 is 2.06 bits per heavy atom. The highest BCUT2D eigenvalue weighted by Gasteiger charge is 2.23. The maximum Gasteiger partial charge on any atom is 0.301 e. The molecular weight excluding hydrogens is 272 g/mol. The molecule has 0 bridgehead atoms. The summed E-state index contributed by atoms with van der Waals surface area (Å²) < 4.78 is 33.3. The van der Waals surface area contributed by atoms with Crippen molar-refractivity contribution in [1.29, 1.82) is 0 Å². The summed E-state index contributed by atoms with van der Waals surface area (Å²) in [6, 6.07) is 6.90. The van der Waals surface area contributed by atoms with Crippen LogP contribution >= 0.6 is 11.8 Å². The number of rotatable bonds is 4. The van der Waals surface area contributed by atoms with Gasteiger partial charge in [0.05, 0.1) is 12.8 Å². The first kappa shape index (κ1) is 13.5. The molecule has 1 fully saturated rings. The van der Waals surface area contributed by atoms with Gasteiger partial charge in [0.25, 0.3) is 0 Å². The summed E-state index contributed by atoms with van der Waals surface area (Å²) in [4.78, 5) is 0. The summed E-state index contributed by atoms with van der Waals surface area (Å²) in [6.07, 6.45) is 0. The van der Waals surface area contributed by atoms with Crippen LogP contribution in [0.1, 0.15) is 0 Å². The Hall–Kier alpha value is -0.920. The molecule has 1 aromatic rings. The molecule has 1 aromatic carbocycles. The van der Waals surface area contributed by atoms with Gasteiger partial charge in [0, 0.05) is 30.7 Å². The van der Waals surface area contributed by atoms with Crippen molar-refractivity contribution in [2.24, 2.45) is 0 Å². The first-order chi connectivity index (χ1) is 8.62. The van der Waals surface area contributed by atoms with Gasteiger partial charge >= 0.3 is 10.2 Å². The molecule has 0 aliphatic carbocycles. The summed E-state index contributed by atoms with van der Waals surface area (Å²) in [7, 11) is -1.90. The summed E-state index contributed by atoms with van der Waals surface area (Å²) in [6.45, 7) is 1.12. The van der Waals surface area contributed by atoms with Gasteiger partial charge in [0.15, 0.2) is 0 Å². The Morgan fingerprint density at radius 1 is 1.33 bits per heavy atom. The van der Waals surface area contributed by atoms with Crippen LogP contribution in [0.15, 0.2) is 24.3 Å². The molecule has 1 saturated heterocycles. The number of thioether (sulfide) groups is 1. The molecule has 1 aliphatic heterocycles. The normalized spacial score (nSPS) is 17.4. The van der Waals surface area contributed by atoms with E-state index in [1.807, 2.05) is 0 Å².